The number of likely N-dealkylation sites (tertiary alicyclic amines) is 1. The minimum absolute atomic E-state index is 0.0674. The van der Waals surface area contributed by atoms with E-state index in [2.05, 4.69) is 11.9 Å². The van der Waals surface area contributed by atoms with E-state index in [0.717, 1.165) is 23.9 Å². The van der Waals surface area contributed by atoms with Crippen molar-refractivity contribution in [2.75, 3.05) is 13.1 Å². The first kappa shape index (κ1) is 13.1. The first-order chi connectivity index (χ1) is 9.63. The molecule has 1 aliphatic rings. The Hall–Kier alpha value is -1.94. The molecular weight excluding hydrogens is 250 g/mol. The quantitative estimate of drug-likeness (QED) is 0.862. The Morgan fingerprint density at radius 2 is 2.20 bits per heavy atom. The summed E-state index contributed by atoms with van der Waals surface area (Å²) < 4.78 is 0. The largest absolute Gasteiger partial charge is 0.337 e. The summed E-state index contributed by atoms with van der Waals surface area (Å²) in [6.45, 7) is 3.58. The van der Waals surface area contributed by atoms with Crippen LogP contribution in [-0.2, 0) is 0 Å². The molecule has 4 heteroatoms. The van der Waals surface area contributed by atoms with Gasteiger partial charge in [0.1, 0.15) is 0 Å². The van der Waals surface area contributed by atoms with Crippen LogP contribution in [0.3, 0.4) is 0 Å². The van der Waals surface area contributed by atoms with Crippen molar-refractivity contribution in [2.24, 2.45) is 11.7 Å². The summed E-state index contributed by atoms with van der Waals surface area (Å²) in [4.78, 5) is 18.7. The van der Waals surface area contributed by atoms with Gasteiger partial charge in [-0.15, -0.1) is 0 Å². The van der Waals surface area contributed by atoms with E-state index in [9.17, 15) is 4.79 Å². The Morgan fingerprint density at radius 1 is 1.35 bits per heavy atom. The molecule has 20 heavy (non-hydrogen) atoms. The number of nitrogens with two attached hydrogens (primary N) is 1. The molecule has 3 rings (SSSR count). The lowest BCUT2D eigenvalue weighted by Crippen LogP contribution is -2.48. The molecule has 2 unspecified atom stereocenters. The topological polar surface area (TPSA) is 59.2 Å². The van der Waals surface area contributed by atoms with Crippen molar-refractivity contribution >= 4 is 16.8 Å². The number of hydrogen-bond acceptors (Lipinski definition) is 3. The molecule has 0 bridgehead atoms. The number of amides is 1. The SMILES string of the molecule is CC1CC(N)CN(C(=O)c2ccc3ncccc3c2)C1. The molecule has 1 aliphatic heterocycles. The van der Waals surface area contributed by atoms with Crippen LogP contribution in [0.5, 0.6) is 0 Å². The average Bonchev–Trinajstić information content (AvgIpc) is 2.45. The molecule has 0 aliphatic carbocycles. The van der Waals surface area contributed by atoms with Crippen molar-refractivity contribution in [1.82, 2.24) is 9.88 Å². The van der Waals surface area contributed by atoms with E-state index in [-0.39, 0.29) is 11.9 Å². The van der Waals surface area contributed by atoms with Crippen LogP contribution in [0.4, 0.5) is 0 Å². The number of hydrogen-bond donors (Lipinski definition) is 1. The minimum Gasteiger partial charge on any atom is -0.337 e. The summed E-state index contributed by atoms with van der Waals surface area (Å²) in [5.41, 5.74) is 7.64. The summed E-state index contributed by atoms with van der Waals surface area (Å²) >= 11 is 0. The molecule has 0 radical (unpaired) electrons. The third kappa shape index (κ3) is 2.51. The highest BCUT2D eigenvalue weighted by Crippen LogP contribution is 2.19. The summed E-state index contributed by atoms with van der Waals surface area (Å²) in [5.74, 6) is 0.530. The highest BCUT2D eigenvalue weighted by Gasteiger charge is 2.26. The van der Waals surface area contributed by atoms with Crippen molar-refractivity contribution < 1.29 is 4.79 Å². The Morgan fingerprint density at radius 3 is 3.00 bits per heavy atom. The lowest BCUT2D eigenvalue weighted by atomic mass is 9.96. The van der Waals surface area contributed by atoms with Gasteiger partial charge in [-0.05, 0) is 36.6 Å². The van der Waals surface area contributed by atoms with Crippen LogP contribution in [0.2, 0.25) is 0 Å². The predicted molar refractivity (Wildman–Crippen MR) is 79.4 cm³/mol. The summed E-state index contributed by atoms with van der Waals surface area (Å²) in [6.07, 6.45) is 2.75. The number of benzene rings is 1. The second-order valence-electron chi connectivity index (χ2n) is 5.72. The number of carbonyl (C=O) groups excluding carboxylic acids is 1. The fourth-order valence-corrected chi connectivity index (χ4v) is 2.96. The maximum absolute atomic E-state index is 12.6. The van der Waals surface area contributed by atoms with Gasteiger partial charge in [0.25, 0.3) is 5.91 Å². The van der Waals surface area contributed by atoms with E-state index in [4.69, 9.17) is 5.73 Å². The number of rotatable bonds is 1. The Kier molecular flexibility index (Phi) is 3.40. The molecule has 0 spiro atoms. The Balaban J connectivity index is 1.88. The summed E-state index contributed by atoms with van der Waals surface area (Å²) in [5, 5.41) is 0.993. The first-order valence-corrected chi connectivity index (χ1v) is 7.03. The van der Waals surface area contributed by atoms with Crippen LogP contribution in [0.25, 0.3) is 10.9 Å². The van der Waals surface area contributed by atoms with E-state index < -0.39 is 0 Å². The zero-order valence-electron chi connectivity index (χ0n) is 11.6. The molecule has 2 heterocycles. The van der Waals surface area contributed by atoms with E-state index in [1.54, 1.807) is 6.20 Å². The van der Waals surface area contributed by atoms with Crippen molar-refractivity contribution in [3.63, 3.8) is 0 Å². The van der Waals surface area contributed by atoms with Crippen LogP contribution < -0.4 is 5.73 Å². The van der Waals surface area contributed by atoms with Gasteiger partial charge in [0.05, 0.1) is 5.52 Å². The van der Waals surface area contributed by atoms with Crippen LogP contribution in [0.15, 0.2) is 36.5 Å². The number of aromatic nitrogens is 1. The molecule has 2 atom stereocenters. The van der Waals surface area contributed by atoms with Crippen molar-refractivity contribution in [2.45, 2.75) is 19.4 Å². The monoisotopic (exact) mass is 269 g/mol. The van der Waals surface area contributed by atoms with Crippen molar-refractivity contribution in [3.05, 3.63) is 42.1 Å². The van der Waals surface area contributed by atoms with Crippen molar-refractivity contribution in [1.29, 1.82) is 0 Å². The highest BCUT2D eigenvalue weighted by atomic mass is 16.2. The van der Waals surface area contributed by atoms with Gasteiger partial charge in [-0.1, -0.05) is 13.0 Å². The van der Waals surface area contributed by atoms with E-state index in [1.807, 2.05) is 35.2 Å². The van der Waals surface area contributed by atoms with Gasteiger partial charge in [-0.2, -0.15) is 0 Å². The van der Waals surface area contributed by atoms with Gasteiger partial charge < -0.3 is 10.6 Å². The molecule has 1 fully saturated rings. The van der Waals surface area contributed by atoms with Gasteiger partial charge in [-0.25, -0.2) is 0 Å². The number of fused-ring (bicyclic) bond motifs is 1. The second-order valence-corrected chi connectivity index (χ2v) is 5.72. The number of piperidine rings is 1. The molecule has 1 amide bonds. The molecule has 2 N–H and O–H groups in total. The Labute approximate surface area is 118 Å². The normalized spacial score (nSPS) is 23.0. The van der Waals surface area contributed by atoms with Crippen LogP contribution in [0.1, 0.15) is 23.7 Å². The molecular formula is C16H19N3O. The maximum Gasteiger partial charge on any atom is 0.253 e. The van der Waals surface area contributed by atoms with Gasteiger partial charge in [0.2, 0.25) is 0 Å². The maximum atomic E-state index is 12.6. The Bertz CT molecular complexity index is 630. The predicted octanol–water partition coefficient (Wildman–Crippen LogP) is 2.04. The lowest BCUT2D eigenvalue weighted by Gasteiger charge is -2.34. The van der Waals surface area contributed by atoms with Crippen molar-refractivity contribution in [3.8, 4) is 0 Å². The number of pyridine rings is 1. The molecule has 2 aromatic rings. The lowest BCUT2D eigenvalue weighted by molar-refractivity contribution is 0.0661. The molecule has 1 aromatic carbocycles. The number of nitrogens with zero attached hydrogens (tertiary/aromatic N) is 2. The average molecular weight is 269 g/mol. The fourth-order valence-electron chi connectivity index (χ4n) is 2.96. The number of carbonyl (C=O) groups is 1. The highest BCUT2D eigenvalue weighted by molar-refractivity contribution is 5.98. The van der Waals surface area contributed by atoms with Crippen LogP contribution >= 0.6 is 0 Å². The van der Waals surface area contributed by atoms with E-state index >= 15 is 0 Å². The van der Waals surface area contributed by atoms with Crippen LogP contribution in [0, 0.1) is 5.92 Å². The van der Waals surface area contributed by atoms with E-state index in [1.165, 1.54) is 0 Å². The molecule has 1 aromatic heterocycles. The molecule has 0 saturated carbocycles. The van der Waals surface area contributed by atoms with Crippen LogP contribution in [-0.4, -0.2) is 34.9 Å². The van der Waals surface area contributed by atoms with Gasteiger partial charge in [-0.3, -0.25) is 9.78 Å². The van der Waals surface area contributed by atoms with Gasteiger partial charge >= 0.3 is 0 Å². The summed E-state index contributed by atoms with van der Waals surface area (Å²) in [7, 11) is 0. The first-order valence-electron chi connectivity index (χ1n) is 7.03. The zero-order chi connectivity index (χ0) is 14.1. The molecule has 104 valence electrons. The summed E-state index contributed by atoms with van der Waals surface area (Å²) in [6, 6.07) is 9.61. The third-order valence-corrected chi connectivity index (χ3v) is 3.83. The minimum atomic E-state index is 0.0674. The fraction of sp³-hybridized carbons (Fsp3) is 0.375. The standard InChI is InChI=1S/C16H19N3O/c1-11-7-14(17)10-19(9-11)16(20)13-4-5-15-12(8-13)3-2-6-18-15/h2-6,8,11,14H,7,9-10,17H2,1H3. The second kappa shape index (κ2) is 5.21. The van der Waals surface area contributed by atoms with Gasteiger partial charge in [0, 0.05) is 36.3 Å². The zero-order valence-corrected chi connectivity index (χ0v) is 11.6. The molecule has 1 saturated heterocycles. The third-order valence-electron chi connectivity index (χ3n) is 3.83. The van der Waals surface area contributed by atoms with E-state index in [0.29, 0.717) is 18.0 Å². The molecule has 4 nitrogen and oxygen atoms in total. The smallest absolute Gasteiger partial charge is 0.253 e. The van der Waals surface area contributed by atoms with Gasteiger partial charge in [0.15, 0.2) is 0 Å².